The van der Waals surface area contributed by atoms with Crippen molar-refractivity contribution in [3.8, 4) is 33.4 Å². The van der Waals surface area contributed by atoms with Gasteiger partial charge in [0.15, 0.2) is 0 Å². The molecule has 0 aliphatic heterocycles. The molecule has 10 aromatic carbocycles. The van der Waals surface area contributed by atoms with Gasteiger partial charge in [-0.1, -0.05) is 170 Å². The Balaban J connectivity index is 0.986. The number of hydrogen-bond acceptors (Lipinski definition) is 2. The molecule has 0 aliphatic carbocycles. The highest BCUT2D eigenvalue weighted by atomic mass is 15.2. The van der Waals surface area contributed by atoms with E-state index in [1.807, 2.05) is 0 Å². The van der Waals surface area contributed by atoms with Gasteiger partial charge in [0.25, 0.3) is 0 Å². The summed E-state index contributed by atoms with van der Waals surface area (Å²) in [6, 6.07) is 87.0. The lowest BCUT2D eigenvalue weighted by atomic mass is 9.86. The summed E-state index contributed by atoms with van der Waals surface area (Å²) < 4.78 is 0. The predicted octanol–water partition coefficient (Wildman–Crippen LogP) is 15.9. The first-order chi connectivity index (χ1) is 28.8. The lowest BCUT2D eigenvalue weighted by Crippen LogP contribution is -2.12. The number of hydrogen-bond donors (Lipinski definition) is 0. The van der Waals surface area contributed by atoms with Gasteiger partial charge in [-0.15, -0.1) is 0 Å². The Morgan fingerprint density at radius 2 is 0.397 bits per heavy atom. The third-order valence-corrected chi connectivity index (χ3v) is 11.0. The number of para-hydroxylation sites is 3. The van der Waals surface area contributed by atoms with Gasteiger partial charge in [-0.05, 0) is 128 Å². The molecule has 2 nitrogen and oxygen atoms in total. The van der Waals surface area contributed by atoms with Gasteiger partial charge in [-0.25, -0.2) is 0 Å². The van der Waals surface area contributed by atoms with E-state index in [1.165, 1.54) is 54.9 Å². The van der Waals surface area contributed by atoms with E-state index in [-0.39, 0.29) is 0 Å². The molecule has 0 heterocycles. The second kappa shape index (κ2) is 15.5. The van der Waals surface area contributed by atoms with Crippen LogP contribution in [-0.2, 0) is 0 Å². The van der Waals surface area contributed by atoms with Crippen molar-refractivity contribution in [1.82, 2.24) is 0 Å². The number of benzene rings is 10. The third-order valence-electron chi connectivity index (χ3n) is 11.0. The summed E-state index contributed by atoms with van der Waals surface area (Å²) in [5.41, 5.74) is 14.0. The maximum absolute atomic E-state index is 2.32. The molecule has 0 bridgehead atoms. The Kier molecular flexibility index (Phi) is 9.27. The molecule has 0 aromatic heterocycles. The van der Waals surface area contributed by atoms with Crippen LogP contribution in [0.5, 0.6) is 0 Å². The highest BCUT2D eigenvalue weighted by Gasteiger charge is 2.18. The zero-order chi connectivity index (χ0) is 38.7. The van der Waals surface area contributed by atoms with E-state index in [0.717, 1.165) is 34.1 Å². The van der Waals surface area contributed by atoms with Crippen LogP contribution in [0.15, 0.2) is 243 Å². The molecule has 10 aromatic rings. The quantitative estimate of drug-likeness (QED) is 0.136. The molecule has 0 saturated heterocycles. The number of anilines is 6. The summed E-state index contributed by atoms with van der Waals surface area (Å²) in [4.78, 5) is 4.61. The Morgan fingerprint density at radius 3 is 0.741 bits per heavy atom. The van der Waals surface area contributed by atoms with Gasteiger partial charge in [0.1, 0.15) is 0 Å². The van der Waals surface area contributed by atoms with E-state index in [9.17, 15) is 0 Å². The molecular formula is C56H40N2. The van der Waals surface area contributed by atoms with Crippen LogP contribution in [0.25, 0.3) is 54.9 Å². The first kappa shape index (κ1) is 34.8. The van der Waals surface area contributed by atoms with Crippen molar-refractivity contribution in [2.75, 3.05) is 9.80 Å². The van der Waals surface area contributed by atoms with Crippen LogP contribution in [0.3, 0.4) is 0 Å². The molecule has 0 amide bonds. The summed E-state index contributed by atoms with van der Waals surface area (Å²) in [5.74, 6) is 0. The van der Waals surface area contributed by atoms with Gasteiger partial charge in [0.2, 0.25) is 0 Å². The molecule has 0 fully saturated rings. The highest BCUT2D eigenvalue weighted by molar-refractivity contribution is 6.21. The van der Waals surface area contributed by atoms with Gasteiger partial charge in [0.05, 0.1) is 0 Å². The number of nitrogens with zero attached hydrogens (tertiary/aromatic N) is 2. The molecule has 58 heavy (non-hydrogen) atoms. The van der Waals surface area contributed by atoms with E-state index >= 15 is 0 Å². The van der Waals surface area contributed by atoms with Crippen LogP contribution in [0.2, 0.25) is 0 Å². The molecule has 274 valence electrons. The Labute approximate surface area is 340 Å². The van der Waals surface area contributed by atoms with E-state index in [1.54, 1.807) is 0 Å². The summed E-state index contributed by atoms with van der Waals surface area (Å²) in [7, 11) is 0. The molecule has 0 spiro atoms. The highest BCUT2D eigenvalue weighted by Crippen LogP contribution is 2.44. The fourth-order valence-electron chi connectivity index (χ4n) is 8.36. The van der Waals surface area contributed by atoms with Gasteiger partial charge >= 0.3 is 0 Å². The van der Waals surface area contributed by atoms with Crippen LogP contribution in [-0.4, -0.2) is 0 Å². The minimum absolute atomic E-state index is 1.09. The van der Waals surface area contributed by atoms with Crippen LogP contribution in [0.4, 0.5) is 34.1 Å². The second-order valence-corrected chi connectivity index (χ2v) is 14.5. The van der Waals surface area contributed by atoms with Crippen LogP contribution >= 0.6 is 0 Å². The zero-order valence-electron chi connectivity index (χ0n) is 32.0. The minimum atomic E-state index is 1.09. The SMILES string of the molecule is c1ccc(-c2c3ccccc3c(-c3ccc(-c4ccc(N(c5ccccc5)c5ccc(N(c6ccccc6)c6ccccc6)cc5)cc4)cc3)c3ccccc23)cc1. The van der Waals surface area contributed by atoms with Crippen LogP contribution in [0, 0.1) is 0 Å². The topological polar surface area (TPSA) is 6.48 Å². The van der Waals surface area contributed by atoms with E-state index in [4.69, 9.17) is 0 Å². The summed E-state index contributed by atoms with van der Waals surface area (Å²) in [5, 5.41) is 5.06. The normalized spacial score (nSPS) is 11.1. The maximum atomic E-state index is 2.32. The van der Waals surface area contributed by atoms with Gasteiger partial charge in [-0.2, -0.15) is 0 Å². The second-order valence-electron chi connectivity index (χ2n) is 14.5. The molecule has 2 heteroatoms. The third kappa shape index (κ3) is 6.57. The van der Waals surface area contributed by atoms with Crippen molar-refractivity contribution in [2.24, 2.45) is 0 Å². The van der Waals surface area contributed by atoms with Crippen molar-refractivity contribution >= 4 is 55.7 Å². The van der Waals surface area contributed by atoms with Crippen LogP contribution in [0.1, 0.15) is 0 Å². The molecule has 0 saturated carbocycles. The molecular weight excluding hydrogens is 701 g/mol. The summed E-state index contributed by atoms with van der Waals surface area (Å²) in [6.45, 7) is 0. The van der Waals surface area contributed by atoms with Crippen molar-refractivity contribution in [3.63, 3.8) is 0 Å². The number of fused-ring (bicyclic) bond motifs is 2. The Hall–Kier alpha value is -7.68. The fourth-order valence-corrected chi connectivity index (χ4v) is 8.36. The molecule has 0 atom stereocenters. The fraction of sp³-hybridized carbons (Fsp3) is 0. The lowest BCUT2D eigenvalue weighted by molar-refractivity contribution is 1.26. The average Bonchev–Trinajstić information content (AvgIpc) is 3.30. The average molecular weight is 741 g/mol. The largest absolute Gasteiger partial charge is 0.311 e. The smallest absolute Gasteiger partial charge is 0.0463 e. The molecule has 0 radical (unpaired) electrons. The zero-order valence-corrected chi connectivity index (χ0v) is 32.0. The van der Waals surface area contributed by atoms with Crippen molar-refractivity contribution in [2.45, 2.75) is 0 Å². The minimum Gasteiger partial charge on any atom is -0.311 e. The molecule has 0 aliphatic rings. The van der Waals surface area contributed by atoms with Crippen molar-refractivity contribution in [3.05, 3.63) is 243 Å². The first-order valence-corrected chi connectivity index (χ1v) is 19.9. The standard InChI is InChI=1S/C56H40N2/c1-5-17-43(18-6-1)55-51-25-13-15-27-53(51)56(54-28-16-14-26-52(54)55)44-31-29-41(30-32-44)42-33-35-48(36-34-42)58(47-23-11-4-12-24-47)50-39-37-49(38-40-50)57(45-19-7-2-8-20-45)46-21-9-3-10-22-46/h1-40H. The van der Waals surface area contributed by atoms with Crippen molar-refractivity contribution < 1.29 is 0 Å². The predicted molar refractivity (Wildman–Crippen MR) is 247 cm³/mol. The van der Waals surface area contributed by atoms with Gasteiger partial charge < -0.3 is 9.80 Å². The molecule has 0 unspecified atom stereocenters. The Morgan fingerprint density at radius 1 is 0.172 bits per heavy atom. The van der Waals surface area contributed by atoms with Gasteiger partial charge in [0, 0.05) is 34.1 Å². The summed E-state index contributed by atoms with van der Waals surface area (Å²) in [6.07, 6.45) is 0. The summed E-state index contributed by atoms with van der Waals surface area (Å²) >= 11 is 0. The lowest BCUT2D eigenvalue weighted by Gasteiger charge is -2.28. The van der Waals surface area contributed by atoms with E-state index in [2.05, 4.69) is 252 Å². The van der Waals surface area contributed by atoms with E-state index < -0.39 is 0 Å². The molecule has 10 rings (SSSR count). The maximum Gasteiger partial charge on any atom is 0.0463 e. The van der Waals surface area contributed by atoms with E-state index in [0.29, 0.717) is 0 Å². The van der Waals surface area contributed by atoms with Crippen molar-refractivity contribution in [1.29, 1.82) is 0 Å². The first-order valence-electron chi connectivity index (χ1n) is 19.9. The monoisotopic (exact) mass is 740 g/mol. The Bertz CT molecular complexity index is 2850. The number of rotatable bonds is 9. The van der Waals surface area contributed by atoms with Gasteiger partial charge in [-0.3, -0.25) is 0 Å². The van der Waals surface area contributed by atoms with Crippen LogP contribution < -0.4 is 9.80 Å². The molecule has 0 N–H and O–H groups in total.